The maximum atomic E-state index is 12.0. The van der Waals surface area contributed by atoms with E-state index < -0.39 is 5.43 Å². The summed E-state index contributed by atoms with van der Waals surface area (Å²) in [5, 5.41) is 37.8. The molecule has 0 aliphatic rings. The molecule has 3 rings (SSSR count). The number of hydrogen-bond donors (Lipinski definition) is 4. The van der Waals surface area contributed by atoms with E-state index in [0.29, 0.717) is 5.56 Å². The highest BCUT2D eigenvalue weighted by molar-refractivity contribution is 5.85. The van der Waals surface area contributed by atoms with Gasteiger partial charge in [-0.1, -0.05) is 12.1 Å². The maximum Gasteiger partial charge on any atom is 0.197 e. The van der Waals surface area contributed by atoms with Crippen molar-refractivity contribution in [3.63, 3.8) is 0 Å². The maximum absolute atomic E-state index is 12.0. The molecule has 1 aromatic heterocycles. The zero-order valence-electron chi connectivity index (χ0n) is 11.7. The molecule has 0 fully saturated rings. The molecule has 0 saturated heterocycles. The predicted molar refractivity (Wildman–Crippen MR) is 84.5 cm³/mol. The Hall–Kier alpha value is -3.41. The van der Waals surface area contributed by atoms with Crippen LogP contribution in [0, 0.1) is 0 Å². The number of phenols is 4. The molecular weight excluding hydrogens is 300 g/mol. The third-order valence-corrected chi connectivity index (χ3v) is 3.25. The number of fused-ring (bicyclic) bond motifs is 1. The van der Waals surface area contributed by atoms with E-state index in [4.69, 9.17) is 4.42 Å². The summed E-state index contributed by atoms with van der Waals surface area (Å²) >= 11 is 0. The van der Waals surface area contributed by atoms with Gasteiger partial charge < -0.3 is 24.8 Å². The summed E-state index contributed by atoms with van der Waals surface area (Å²) in [6, 6.07) is 7.76. The highest BCUT2D eigenvalue weighted by Gasteiger charge is 2.10. The summed E-state index contributed by atoms with van der Waals surface area (Å²) in [6.07, 6.45) is 3.07. The number of phenolic OH excluding ortho intramolecular Hbond substituents is 4. The summed E-state index contributed by atoms with van der Waals surface area (Å²) in [5.41, 5.74) is 0.196. The second-order valence-electron chi connectivity index (χ2n) is 4.93. The van der Waals surface area contributed by atoms with Gasteiger partial charge >= 0.3 is 0 Å². The zero-order chi connectivity index (χ0) is 16.6. The number of aromatic hydroxyl groups is 4. The Labute approximate surface area is 129 Å². The van der Waals surface area contributed by atoms with Crippen LogP contribution in [0.3, 0.4) is 0 Å². The standard InChI is InChI=1S/C17H12O6/c18-10-6-14(21)17-15(22)8-11(23-16(17)7-10)3-1-9-2-4-12(19)13(20)5-9/h1-8,18-21H/b3-1+. The van der Waals surface area contributed by atoms with E-state index in [2.05, 4.69) is 0 Å². The third kappa shape index (κ3) is 2.82. The van der Waals surface area contributed by atoms with E-state index in [1.54, 1.807) is 12.1 Å². The molecule has 23 heavy (non-hydrogen) atoms. The molecular formula is C17H12O6. The molecule has 1 heterocycles. The average molecular weight is 312 g/mol. The fourth-order valence-electron chi connectivity index (χ4n) is 2.18. The zero-order valence-corrected chi connectivity index (χ0v) is 11.7. The normalized spacial score (nSPS) is 11.3. The van der Waals surface area contributed by atoms with Crippen molar-refractivity contribution in [2.45, 2.75) is 0 Å². The quantitative estimate of drug-likeness (QED) is 0.541. The molecule has 6 heteroatoms. The topological polar surface area (TPSA) is 111 Å². The second kappa shape index (κ2) is 5.42. The molecule has 4 N–H and O–H groups in total. The predicted octanol–water partition coefficient (Wildman–Crippen LogP) is 2.79. The first kappa shape index (κ1) is 14.5. The van der Waals surface area contributed by atoms with Gasteiger partial charge in [0.25, 0.3) is 0 Å². The molecule has 0 aliphatic heterocycles. The Morgan fingerprint density at radius 3 is 2.35 bits per heavy atom. The minimum Gasteiger partial charge on any atom is -0.508 e. The number of hydrogen-bond acceptors (Lipinski definition) is 6. The molecule has 2 aromatic carbocycles. The van der Waals surface area contributed by atoms with Gasteiger partial charge in [0, 0.05) is 18.2 Å². The minimum atomic E-state index is -0.447. The van der Waals surface area contributed by atoms with Crippen molar-refractivity contribution in [2.75, 3.05) is 0 Å². The van der Waals surface area contributed by atoms with Crippen LogP contribution in [0.4, 0.5) is 0 Å². The summed E-state index contributed by atoms with van der Waals surface area (Å²) < 4.78 is 5.46. The Kier molecular flexibility index (Phi) is 3.42. The van der Waals surface area contributed by atoms with Crippen molar-refractivity contribution < 1.29 is 24.8 Å². The van der Waals surface area contributed by atoms with Crippen molar-refractivity contribution in [3.05, 3.63) is 57.9 Å². The number of benzene rings is 2. The molecule has 0 amide bonds. The van der Waals surface area contributed by atoms with Crippen LogP contribution in [0.5, 0.6) is 23.0 Å². The lowest BCUT2D eigenvalue weighted by Gasteiger charge is -2.02. The molecule has 0 radical (unpaired) electrons. The number of rotatable bonds is 2. The van der Waals surface area contributed by atoms with E-state index in [0.717, 1.165) is 6.07 Å². The van der Waals surface area contributed by atoms with Gasteiger partial charge in [-0.3, -0.25) is 4.79 Å². The first-order valence-electron chi connectivity index (χ1n) is 6.64. The fraction of sp³-hybridized carbons (Fsp3) is 0. The van der Waals surface area contributed by atoms with Crippen molar-refractivity contribution in [3.8, 4) is 23.0 Å². The fourth-order valence-corrected chi connectivity index (χ4v) is 2.18. The van der Waals surface area contributed by atoms with Crippen molar-refractivity contribution in [1.82, 2.24) is 0 Å². The van der Waals surface area contributed by atoms with Gasteiger partial charge in [-0.05, 0) is 23.8 Å². The van der Waals surface area contributed by atoms with Crippen molar-refractivity contribution in [2.24, 2.45) is 0 Å². The summed E-state index contributed by atoms with van der Waals surface area (Å²) in [7, 11) is 0. The van der Waals surface area contributed by atoms with Gasteiger partial charge in [0.15, 0.2) is 16.9 Å². The van der Waals surface area contributed by atoms with E-state index in [-0.39, 0.29) is 39.7 Å². The lowest BCUT2D eigenvalue weighted by molar-refractivity contribution is 0.403. The molecule has 0 atom stereocenters. The Morgan fingerprint density at radius 1 is 0.826 bits per heavy atom. The first-order chi connectivity index (χ1) is 10.9. The van der Waals surface area contributed by atoms with Crippen LogP contribution < -0.4 is 5.43 Å². The Bertz CT molecular complexity index is 984. The molecule has 3 aromatic rings. The summed E-state index contributed by atoms with van der Waals surface area (Å²) in [4.78, 5) is 12.0. The molecule has 116 valence electrons. The SMILES string of the molecule is O=c1cc(/C=C/c2ccc(O)c(O)c2)oc2cc(O)cc(O)c12. The minimum absolute atomic E-state index is 0.0118. The third-order valence-electron chi connectivity index (χ3n) is 3.25. The molecule has 0 unspecified atom stereocenters. The van der Waals surface area contributed by atoms with Gasteiger partial charge in [0.2, 0.25) is 0 Å². The van der Waals surface area contributed by atoms with Crippen LogP contribution in [-0.2, 0) is 0 Å². The largest absolute Gasteiger partial charge is 0.508 e. The van der Waals surface area contributed by atoms with Crippen molar-refractivity contribution in [1.29, 1.82) is 0 Å². The van der Waals surface area contributed by atoms with E-state index in [9.17, 15) is 25.2 Å². The summed E-state index contributed by atoms with van der Waals surface area (Å²) in [5.74, 6) is -0.858. The van der Waals surface area contributed by atoms with Crippen LogP contribution in [0.1, 0.15) is 11.3 Å². The lowest BCUT2D eigenvalue weighted by atomic mass is 10.1. The molecule has 0 saturated carbocycles. The Balaban J connectivity index is 2.05. The van der Waals surface area contributed by atoms with Crippen LogP contribution in [-0.4, -0.2) is 20.4 Å². The lowest BCUT2D eigenvalue weighted by Crippen LogP contribution is -2.00. The average Bonchev–Trinajstić information content (AvgIpc) is 2.47. The monoisotopic (exact) mass is 312 g/mol. The van der Waals surface area contributed by atoms with Gasteiger partial charge in [-0.2, -0.15) is 0 Å². The molecule has 0 spiro atoms. The van der Waals surface area contributed by atoms with Gasteiger partial charge in [0.1, 0.15) is 28.2 Å². The highest BCUT2D eigenvalue weighted by Crippen LogP contribution is 2.29. The second-order valence-corrected chi connectivity index (χ2v) is 4.93. The van der Waals surface area contributed by atoms with Gasteiger partial charge in [-0.25, -0.2) is 0 Å². The molecule has 6 nitrogen and oxygen atoms in total. The van der Waals surface area contributed by atoms with Crippen LogP contribution in [0.2, 0.25) is 0 Å². The smallest absolute Gasteiger partial charge is 0.197 e. The van der Waals surface area contributed by atoms with E-state index in [1.807, 2.05) is 0 Å². The van der Waals surface area contributed by atoms with E-state index in [1.165, 1.54) is 30.3 Å². The van der Waals surface area contributed by atoms with Gasteiger partial charge in [-0.15, -0.1) is 0 Å². The van der Waals surface area contributed by atoms with E-state index >= 15 is 0 Å². The summed E-state index contributed by atoms with van der Waals surface area (Å²) in [6.45, 7) is 0. The molecule has 0 bridgehead atoms. The molecule has 0 aliphatic carbocycles. The first-order valence-corrected chi connectivity index (χ1v) is 6.64. The van der Waals surface area contributed by atoms with Crippen LogP contribution >= 0.6 is 0 Å². The Morgan fingerprint density at radius 2 is 1.61 bits per heavy atom. The van der Waals surface area contributed by atoms with Crippen LogP contribution in [0.15, 0.2) is 45.6 Å². The van der Waals surface area contributed by atoms with Crippen molar-refractivity contribution >= 4 is 23.1 Å². The van der Waals surface area contributed by atoms with Gasteiger partial charge in [0.05, 0.1) is 0 Å². The highest BCUT2D eigenvalue weighted by atomic mass is 16.3. The van der Waals surface area contributed by atoms with Crippen LogP contribution in [0.25, 0.3) is 23.1 Å².